The molecule has 0 radical (unpaired) electrons. The molecule has 4 rings (SSSR count). The van der Waals surface area contributed by atoms with Crippen LogP contribution < -0.4 is 10.1 Å². The Morgan fingerprint density at radius 1 is 1.13 bits per heavy atom. The Morgan fingerprint density at radius 3 is 2.53 bits per heavy atom. The van der Waals surface area contributed by atoms with Crippen LogP contribution in [0.4, 0.5) is 11.4 Å². The molecule has 6 heteroatoms. The second-order valence-electron chi connectivity index (χ2n) is 9.28. The molecule has 0 saturated carbocycles. The fourth-order valence-electron chi connectivity index (χ4n) is 3.80. The maximum absolute atomic E-state index is 13.0. The summed E-state index contributed by atoms with van der Waals surface area (Å²) >= 11 is 0. The quantitative estimate of drug-likeness (QED) is 0.459. The normalized spacial score (nSPS) is 19.2. The molecule has 6 nitrogen and oxygen atoms in total. The number of amides is 1. The predicted molar refractivity (Wildman–Crippen MR) is 115 cm³/mol. The number of esters is 1. The molecule has 30 heavy (non-hydrogen) atoms. The highest BCUT2D eigenvalue weighted by Gasteiger charge is 2.42. The van der Waals surface area contributed by atoms with E-state index in [1.165, 1.54) is 6.21 Å². The minimum absolute atomic E-state index is 0.288. The minimum Gasteiger partial charge on any atom is -0.425 e. The van der Waals surface area contributed by atoms with Crippen LogP contribution in [0, 0.1) is 5.92 Å². The molecule has 1 atom stereocenters. The summed E-state index contributed by atoms with van der Waals surface area (Å²) in [6.45, 7) is 9.72. The zero-order chi connectivity index (χ0) is 21.8. The number of rotatable bonds is 2. The topological polar surface area (TPSA) is 84.8 Å². The van der Waals surface area contributed by atoms with Crippen molar-refractivity contribution < 1.29 is 19.1 Å². The van der Waals surface area contributed by atoms with Crippen molar-refractivity contribution in [2.24, 2.45) is 10.9 Å². The van der Waals surface area contributed by atoms with E-state index in [0.29, 0.717) is 22.7 Å². The summed E-state index contributed by atoms with van der Waals surface area (Å²) in [6.07, 6.45) is 1.38. The van der Waals surface area contributed by atoms with E-state index in [9.17, 15) is 14.4 Å². The number of hydrogen-bond acceptors (Lipinski definition) is 5. The first-order valence-corrected chi connectivity index (χ1v) is 9.90. The molecule has 0 spiro atoms. The van der Waals surface area contributed by atoms with Crippen molar-refractivity contribution in [1.29, 1.82) is 0 Å². The average Bonchev–Trinajstić information content (AvgIpc) is 2.89. The van der Waals surface area contributed by atoms with Gasteiger partial charge in [0.05, 0.1) is 11.1 Å². The summed E-state index contributed by atoms with van der Waals surface area (Å²) in [7, 11) is 0. The Hall–Kier alpha value is -3.28. The van der Waals surface area contributed by atoms with Gasteiger partial charge in [-0.05, 0) is 43.0 Å². The van der Waals surface area contributed by atoms with Crippen LogP contribution in [0.25, 0.3) is 0 Å². The Balaban J connectivity index is 1.70. The van der Waals surface area contributed by atoms with Gasteiger partial charge in [-0.2, -0.15) is 0 Å². The molecule has 0 bridgehead atoms. The van der Waals surface area contributed by atoms with E-state index in [2.05, 4.69) is 10.3 Å². The van der Waals surface area contributed by atoms with Crippen LogP contribution in [0.15, 0.2) is 41.4 Å². The monoisotopic (exact) mass is 404 g/mol. The van der Waals surface area contributed by atoms with Gasteiger partial charge in [-0.3, -0.25) is 19.4 Å². The van der Waals surface area contributed by atoms with Gasteiger partial charge in [-0.1, -0.05) is 32.9 Å². The molecule has 1 N–H and O–H groups in total. The van der Waals surface area contributed by atoms with E-state index in [4.69, 9.17) is 4.74 Å². The van der Waals surface area contributed by atoms with Gasteiger partial charge in [0.2, 0.25) is 5.91 Å². The lowest BCUT2D eigenvalue weighted by atomic mass is 9.79. The van der Waals surface area contributed by atoms with Crippen molar-refractivity contribution in [1.82, 2.24) is 0 Å². The summed E-state index contributed by atoms with van der Waals surface area (Å²) < 4.78 is 5.44. The number of carbonyl (C=O) groups is 3. The summed E-state index contributed by atoms with van der Waals surface area (Å²) in [4.78, 5) is 42.4. The SMILES string of the molecule is CC(C)(C)c1cc2c(cc1NC(=O)C1C=Nc3ccccc3C1=O)OC(=O)C2(C)C. The van der Waals surface area contributed by atoms with E-state index in [0.717, 1.165) is 11.1 Å². The largest absolute Gasteiger partial charge is 0.425 e. The second kappa shape index (κ2) is 6.62. The smallest absolute Gasteiger partial charge is 0.321 e. The maximum atomic E-state index is 13.0. The average molecular weight is 404 g/mol. The van der Waals surface area contributed by atoms with Crippen LogP contribution in [-0.2, 0) is 20.4 Å². The molecule has 0 aromatic heterocycles. The van der Waals surface area contributed by atoms with Crippen LogP contribution in [0.1, 0.15) is 56.1 Å². The second-order valence-corrected chi connectivity index (χ2v) is 9.28. The molecule has 0 aliphatic carbocycles. The van der Waals surface area contributed by atoms with Crippen molar-refractivity contribution in [3.05, 3.63) is 53.1 Å². The number of carbonyl (C=O) groups excluding carboxylic acids is 3. The van der Waals surface area contributed by atoms with Gasteiger partial charge in [0.25, 0.3) is 0 Å². The van der Waals surface area contributed by atoms with E-state index in [1.807, 2.05) is 40.7 Å². The van der Waals surface area contributed by atoms with Crippen molar-refractivity contribution >= 4 is 35.2 Å². The number of anilines is 1. The van der Waals surface area contributed by atoms with Gasteiger partial charge >= 0.3 is 5.97 Å². The highest BCUT2D eigenvalue weighted by Crippen LogP contribution is 2.45. The van der Waals surface area contributed by atoms with Crippen LogP contribution in [0.2, 0.25) is 0 Å². The minimum atomic E-state index is -1.01. The van der Waals surface area contributed by atoms with Crippen molar-refractivity contribution in [3.63, 3.8) is 0 Å². The lowest BCUT2D eigenvalue weighted by Gasteiger charge is -2.26. The third kappa shape index (κ3) is 3.12. The number of fused-ring (bicyclic) bond motifs is 2. The van der Waals surface area contributed by atoms with Gasteiger partial charge in [-0.15, -0.1) is 0 Å². The molecule has 2 heterocycles. The molecule has 1 amide bonds. The summed E-state index contributed by atoms with van der Waals surface area (Å²) in [5.41, 5.74) is 2.11. The van der Waals surface area contributed by atoms with Crippen molar-refractivity contribution in [2.75, 3.05) is 5.32 Å². The Labute approximate surface area is 175 Å². The zero-order valence-electron chi connectivity index (χ0n) is 17.7. The number of ether oxygens (including phenoxy) is 1. The van der Waals surface area contributed by atoms with Crippen LogP contribution in [0.5, 0.6) is 5.75 Å². The zero-order valence-corrected chi connectivity index (χ0v) is 17.7. The number of hydrogen-bond donors (Lipinski definition) is 1. The van der Waals surface area contributed by atoms with Crippen molar-refractivity contribution in [3.8, 4) is 5.75 Å². The molecule has 0 saturated heterocycles. The first-order chi connectivity index (χ1) is 14.0. The lowest BCUT2D eigenvalue weighted by Crippen LogP contribution is -2.33. The van der Waals surface area contributed by atoms with E-state index >= 15 is 0 Å². The standard InChI is InChI=1S/C24H24N2O4/c1-23(2,3)15-10-16-19(30-22(29)24(16,4)5)11-18(15)26-21(28)14-12-25-17-9-7-6-8-13(17)20(14)27/h6-12,14H,1-5H3,(H,26,28). The third-order valence-electron chi connectivity index (χ3n) is 5.67. The third-order valence-corrected chi connectivity index (χ3v) is 5.67. The van der Waals surface area contributed by atoms with E-state index < -0.39 is 17.2 Å². The summed E-state index contributed by atoms with van der Waals surface area (Å²) in [6, 6.07) is 10.6. The van der Waals surface area contributed by atoms with Gasteiger partial charge in [-0.25, -0.2) is 0 Å². The fourth-order valence-corrected chi connectivity index (χ4v) is 3.80. The number of nitrogens with zero attached hydrogens (tertiary/aromatic N) is 1. The molecular weight excluding hydrogens is 380 g/mol. The molecule has 2 aromatic carbocycles. The number of Topliss-reactive ketones (excluding diaryl/α,β-unsaturated/α-hetero) is 1. The summed E-state index contributed by atoms with van der Waals surface area (Å²) in [5.74, 6) is -1.66. The Morgan fingerprint density at radius 2 is 1.83 bits per heavy atom. The number of nitrogens with one attached hydrogen (secondary N) is 1. The maximum Gasteiger partial charge on any atom is 0.321 e. The summed E-state index contributed by atoms with van der Waals surface area (Å²) in [5, 5.41) is 2.88. The lowest BCUT2D eigenvalue weighted by molar-refractivity contribution is -0.137. The first kappa shape index (κ1) is 20.0. The highest BCUT2D eigenvalue weighted by molar-refractivity contribution is 6.25. The van der Waals surface area contributed by atoms with Gasteiger partial charge in [0, 0.05) is 29.1 Å². The van der Waals surface area contributed by atoms with Crippen LogP contribution in [-0.4, -0.2) is 23.9 Å². The van der Waals surface area contributed by atoms with Gasteiger partial charge in [0.1, 0.15) is 11.7 Å². The molecule has 1 unspecified atom stereocenters. The van der Waals surface area contributed by atoms with Crippen LogP contribution >= 0.6 is 0 Å². The Kier molecular flexibility index (Phi) is 4.42. The van der Waals surface area contributed by atoms with E-state index in [-0.39, 0.29) is 17.2 Å². The molecule has 154 valence electrons. The Bertz CT molecular complexity index is 1120. The fraction of sp³-hybridized carbons (Fsp3) is 0.333. The highest BCUT2D eigenvalue weighted by atomic mass is 16.5. The van der Waals surface area contributed by atoms with Gasteiger partial charge < -0.3 is 10.1 Å². The van der Waals surface area contributed by atoms with Gasteiger partial charge in [0.15, 0.2) is 5.78 Å². The molecule has 0 fully saturated rings. The van der Waals surface area contributed by atoms with E-state index in [1.54, 1.807) is 30.3 Å². The molecular formula is C24H24N2O4. The number of benzene rings is 2. The van der Waals surface area contributed by atoms with Crippen molar-refractivity contribution in [2.45, 2.75) is 45.4 Å². The number of aliphatic imine (C=N–C) groups is 1. The predicted octanol–water partition coefficient (Wildman–Crippen LogP) is 4.33. The number of ketones is 1. The molecule has 2 aliphatic rings. The first-order valence-electron chi connectivity index (χ1n) is 9.90. The van der Waals surface area contributed by atoms with Crippen LogP contribution in [0.3, 0.4) is 0 Å². The number of para-hydroxylation sites is 1. The molecule has 2 aromatic rings. The molecule has 2 aliphatic heterocycles.